The lowest BCUT2D eigenvalue weighted by Crippen LogP contribution is -2.65. The van der Waals surface area contributed by atoms with Gasteiger partial charge in [0.15, 0.2) is 6.10 Å². The molecule has 0 bridgehead atoms. The third kappa shape index (κ3) is 13.0. The molecule has 3 N–H and O–H groups in total. The number of esters is 1. The predicted octanol–water partition coefficient (Wildman–Crippen LogP) is 6.03. The van der Waals surface area contributed by atoms with Crippen molar-refractivity contribution in [3.05, 3.63) is 0 Å². The Balaban J connectivity index is 1.75. The van der Waals surface area contributed by atoms with Crippen molar-refractivity contribution in [2.75, 3.05) is 19.8 Å². The lowest BCUT2D eigenvalue weighted by Gasteiger charge is -2.45. The highest BCUT2D eigenvalue weighted by Gasteiger charge is 2.50. The van der Waals surface area contributed by atoms with E-state index in [1.165, 1.54) is 76.0 Å². The van der Waals surface area contributed by atoms with Gasteiger partial charge in [-0.15, -0.1) is 23.4 Å². The molecule has 0 aromatic carbocycles. The maximum absolute atomic E-state index is 13.2. The number of likely N-dealkylation sites (tertiary alicyclic amines) is 1. The van der Waals surface area contributed by atoms with Gasteiger partial charge in [-0.1, -0.05) is 97.3 Å². The van der Waals surface area contributed by atoms with Crippen LogP contribution >= 0.6 is 23.4 Å². The summed E-state index contributed by atoms with van der Waals surface area (Å²) < 4.78 is 11.8. The standard InChI is InChI=1S/C33H61ClN2O6S/c1-6-8-9-10-11-12-13-14-15-16-17-18-19-20-26(37)41-31-29(39)28(38)30(42-33(31)43-5)27(23(3)34)35-32(40)25-21-24(7-2)22-36(25)4/h23-25,27-31,33,38-39H,6-22H2,1-5H3,(H,35,40)/t23-,24+,25-,27+,28+,29-,30+,31+,33+/m0/s1. The molecule has 9 atom stereocenters. The van der Waals surface area contributed by atoms with E-state index in [1.54, 1.807) is 13.2 Å². The van der Waals surface area contributed by atoms with Crippen LogP contribution in [0.4, 0.5) is 0 Å². The van der Waals surface area contributed by atoms with E-state index in [0.717, 1.165) is 38.6 Å². The molecule has 0 aromatic heterocycles. The van der Waals surface area contributed by atoms with Crippen LogP contribution in [-0.2, 0) is 19.1 Å². The summed E-state index contributed by atoms with van der Waals surface area (Å²) in [5.41, 5.74) is -0.701. The van der Waals surface area contributed by atoms with Gasteiger partial charge < -0.3 is 25.0 Å². The van der Waals surface area contributed by atoms with Crippen molar-refractivity contribution in [2.45, 2.75) is 171 Å². The first-order valence-corrected chi connectivity index (χ1v) is 18.7. The fourth-order valence-corrected chi connectivity index (χ4v) is 7.33. The van der Waals surface area contributed by atoms with Crippen LogP contribution in [0.15, 0.2) is 0 Å². The molecule has 252 valence electrons. The van der Waals surface area contributed by atoms with Crippen LogP contribution in [0.2, 0.25) is 0 Å². The Hall–Kier alpha value is -0.580. The van der Waals surface area contributed by atoms with Crippen molar-refractivity contribution >= 4 is 35.2 Å². The zero-order valence-corrected chi connectivity index (χ0v) is 29.1. The summed E-state index contributed by atoms with van der Waals surface area (Å²) in [6.07, 6.45) is 15.1. The summed E-state index contributed by atoms with van der Waals surface area (Å²) >= 11 is 7.79. The van der Waals surface area contributed by atoms with E-state index in [4.69, 9.17) is 21.1 Å². The number of likely N-dealkylation sites (N-methyl/N-ethyl adjacent to an activating group) is 1. The number of nitrogens with one attached hydrogen (secondary N) is 1. The van der Waals surface area contributed by atoms with Crippen molar-refractivity contribution in [2.24, 2.45) is 5.92 Å². The van der Waals surface area contributed by atoms with E-state index in [1.807, 2.05) is 11.9 Å². The number of carbonyl (C=O) groups is 2. The van der Waals surface area contributed by atoms with E-state index in [0.29, 0.717) is 5.92 Å². The summed E-state index contributed by atoms with van der Waals surface area (Å²) in [6, 6.07) is -1.01. The maximum atomic E-state index is 13.2. The van der Waals surface area contributed by atoms with Gasteiger partial charge >= 0.3 is 5.97 Å². The molecule has 2 rings (SSSR count). The monoisotopic (exact) mass is 648 g/mol. The first-order chi connectivity index (χ1) is 20.6. The van der Waals surface area contributed by atoms with E-state index in [9.17, 15) is 19.8 Å². The SMILES string of the molecule is CCCCCCCCCCCCCCCC(=O)O[C@@H]1[C@@H](O)[C@@H](O)[C@@H]([C@H](NC(=O)[C@@H]2C[C@@H](CC)CN2C)[C@H](C)Cl)O[C@@H]1SC. The Labute approximate surface area is 270 Å². The van der Waals surface area contributed by atoms with Gasteiger partial charge in [-0.2, -0.15) is 0 Å². The number of ether oxygens (including phenoxy) is 2. The summed E-state index contributed by atoms with van der Waals surface area (Å²) in [4.78, 5) is 27.9. The first-order valence-electron chi connectivity index (χ1n) is 17.0. The number of hydrogen-bond acceptors (Lipinski definition) is 8. The van der Waals surface area contributed by atoms with Crippen LogP contribution in [0.25, 0.3) is 0 Å². The van der Waals surface area contributed by atoms with E-state index < -0.39 is 47.2 Å². The van der Waals surface area contributed by atoms with Gasteiger partial charge in [0.25, 0.3) is 0 Å². The van der Waals surface area contributed by atoms with Crippen molar-refractivity contribution in [1.29, 1.82) is 0 Å². The lowest BCUT2D eigenvalue weighted by atomic mass is 9.92. The number of amides is 1. The predicted molar refractivity (Wildman–Crippen MR) is 176 cm³/mol. The molecular weight excluding hydrogens is 588 g/mol. The minimum Gasteiger partial charge on any atom is -0.456 e. The van der Waals surface area contributed by atoms with Crippen molar-refractivity contribution in [3.63, 3.8) is 0 Å². The number of hydrogen-bond donors (Lipinski definition) is 3. The minimum atomic E-state index is -1.38. The van der Waals surface area contributed by atoms with Gasteiger partial charge in [-0.3, -0.25) is 14.5 Å². The maximum Gasteiger partial charge on any atom is 0.306 e. The number of alkyl halides is 1. The van der Waals surface area contributed by atoms with Crippen LogP contribution in [0.3, 0.4) is 0 Å². The molecule has 2 aliphatic heterocycles. The smallest absolute Gasteiger partial charge is 0.306 e. The van der Waals surface area contributed by atoms with Crippen molar-refractivity contribution < 1.29 is 29.3 Å². The second kappa shape index (κ2) is 21.3. The normalized spacial score (nSPS) is 29.3. The van der Waals surface area contributed by atoms with Crippen LogP contribution in [-0.4, -0.2) is 94.2 Å². The zero-order chi connectivity index (χ0) is 31.8. The fourth-order valence-electron chi connectivity index (χ4n) is 6.40. The second-order valence-electron chi connectivity index (χ2n) is 12.8. The first kappa shape index (κ1) is 38.6. The number of thioether (sulfide) groups is 1. The number of halogens is 1. The van der Waals surface area contributed by atoms with Crippen LogP contribution < -0.4 is 5.32 Å². The Morgan fingerprint density at radius 1 is 0.977 bits per heavy atom. The Morgan fingerprint density at radius 2 is 1.53 bits per heavy atom. The molecule has 10 heteroatoms. The lowest BCUT2D eigenvalue weighted by molar-refractivity contribution is -0.218. The van der Waals surface area contributed by atoms with Gasteiger partial charge in [0.1, 0.15) is 23.7 Å². The summed E-state index contributed by atoms with van der Waals surface area (Å²) in [5.74, 6) is -0.0963. The third-order valence-corrected chi connectivity index (χ3v) is 10.4. The van der Waals surface area contributed by atoms with Crippen molar-refractivity contribution in [1.82, 2.24) is 10.2 Å². The molecule has 0 saturated carbocycles. The summed E-state index contributed by atoms with van der Waals surface area (Å²) in [7, 11) is 1.94. The number of rotatable bonds is 21. The molecule has 0 spiro atoms. The Morgan fingerprint density at radius 3 is 2.02 bits per heavy atom. The van der Waals surface area contributed by atoms with Gasteiger partial charge in [-0.05, 0) is 39.0 Å². The molecule has 0 aliphatic carbocycles. The molecule has 1 amide bonds. The average molecular weight is 649 g/mol. The van der Waals surface area contributed by atoms with E-state index in [2.05, 4.69) is 19.2 Å². The van der Waals surface area contributed by atoms with E-state index >= 15 is 0 Å². The van der Waals surface area contributed by atoms with Crippen LogP contribution in [0.5, 0.6) is 0 Å². The minimum absolute atomic E-state index is 0.159. The molecule has 2 aliphatic rings. The Kier molecular flexibility index (Phi) is 19.1. The number of nitrogens with zero attached hydrogens (tertiary/aromatic N) is 1. The molecule has 0 unspecified atom stereocenters. The highest BCUT2D eigenvalue weighted by atomic mass is 35.5. The topological polar surface area (TPSA) is 108 Å². The number of carbonyl (C=O) groups excluding carboxylic acids is 2. The summed E-state index contributed by atoms with van der Waals surface area (Å²) in [5, 5.41) is 24.5. The quantitative estimate of drug-likeness (QED) is 0.0787. The van der Waals surface area contributed by atoms with Gasteiger partial charge in [-0.25, -0.2) is 0 Å². The molecule has 0 aromatic rings. The summed E-state index contributed by atoms with van der Waals surface area (Å²) in [6.45, 7) is 6.97. The van der Waals surface area contributed by atoms with Gasteiger partial charge in [0.05, 0.1) is 17.5 Å². The van der Waals surface area contributed by atoms with Crippen LogP contribution in [0, 0.1) is 5.92 Å². The zero-order valence-electron chi connectivity index (χ0n) is 27.5. The van der Waals surface area contributed by atoms with Crippen LogP contribution in [0.1, 0.15) is 124 Å². The van der Waals surface area contributed by atoms with Crippen molar-refractivity contribution in [3.8, 4) is 0 Å². The fraction of sp³-hybridized carbons (Fsp3) is 0.939. The molecule has 2 fully saturated rings. The Bertz CT molecular complexity index is 790. The number of aliphatic hydroxyl groups excluding tert-OH is 2. The second-order valence-corrected chi connectivity index (χ2v) is 14.4. The molecular formula is C33H61ClN2O6S. The number of aliphatic hydroxyl groups is 2. The largest absolute Gasteiger partial charge is 0.456 e. The van der Waals surface area contributed by atoms with Gasteiger partial charge in [0.2, 0.25) is 5.91 Å². The molecule has 43 heavy (non-hydrogen) atoms. The molecule has 8 nitrogen and oxygen atoms in total. The van der Waals surface area contributed by atoms with E-state index in [-0.39, 0.29) is 18.4 Å². The molecule has 0 radical (unpaired) electrons. The highest BCUT2D eigenvalue weighted by molar-refractivity contribution is 7.99. The highest BCUT2D eigenvalue weighted by Crippen LogP contribution is 2.33. The average Bonchev–Trinajstić information content (AvgIpc) is 3.37. The third-order valence-electron chi connectivity index (χ3n) is 9.24. The molecule has 2 saturated heterocycles. The molecule has 2 heterocycles. The van der Waals surface area contributed by atoms with Gasteiger partial charge in [0, 0.05) is 13.0 Å². The number of unbranched alkanes of at least 4 members (excludes halogenated alkanes) is 12.